The Bertz CT molecular complexity index is 565. The van der Waals surface area contributed by atoms with Gasteiger partial charge in [0.2, 0.25) is 0 Å². The minimum absolute atomic E-state index is 0.00690. The van der Waals surface area contributed by atoms with Gasteiger partial charge in [-0.15, -0.1) is 0 Å². The molecule has 1 aromatic rings. The van der Waals surface area contributed by atoms with Gasteiger partial charge in [0.25, 0.3) is 0 Å². The number of benzene rings is 1. The quantitative estimate of drug-likeness (QED) is 0.830. The van der Waals surface area contributed by atoms with Gasteiger partial charge in [-0.3, -0.25) is 0 Å². The molecular formula is C12H17NO5S. The summed E-state index contributed by atoms with van der Waals surface area (Å²) >= 11 is 0. The van der Waals surface area contributed by atoms with E-state index in [1.165, 1.54) is 19.2 Å². The number of carboxylic acid groups (broad SMARTS) is 1. The summed E-state index contributed by atoms with van der Waals surface area (Å²) in [6.45, 7) is 0.372. The second kappa shape index (κ2) is 6.03. The van der Waals surface area contributed by atoms with Crippen LogP contribution in [0.5, 0.6) is 5.75 Å². The monoisotopic (exact) mass is 287 g/mol. The van der Waals surface area contributed by atoms with Crippen molar-refractivity contribution in [3.05, 3.63) is 23.8 Å². The molecule has 0 unspecified atom stereocenters. The van der Waals surface area contributed by atoms with Crippen LogP contribution >= 0.6 is 0 Å². The summed E-state index contributed by atoms with van der Waals surface area (Å²) in [5.41, 5.74) is -0.159. The van der Waals surface area contributed by atoms with Gasteiger partial charge in [0, 0.05) is 6.54 Å². The van der Waals surface area contributed by atoms with Crippen LogP contribution in [0.15, 0.2) is 23.1 Å². The van der Waals surface area contributed by atoms with Crippen LogP contribution in [-0.4, -0.2) is 57.9 Å². The van der Waals surface area contributed by atoms with Crippen LogP contribution in [0.25, 0.3) is 0 Å². The largest absolute Gasteiger partial charge is 0.496 e. The Morgan fingerprint density at radius 2 is 2.00 bits per heavy atom. The van der Waals surface area contributed by atoms with Crippen LogP contribution in [0.3, 0.4) is 0 Å². The number of aromatic carboxylic acids is 1. The molecule has 0 bridgehead atoms. The van der Waals surface area contributed by atoms with E-state index in [-0.39, 0.29) is 22.0 Å². The first kappa shape index (κ1) is 15.5. The molecule has 0 spiro atoms. The van der Waals surface area contributed by atoms with E-state index in [1.54, 1.807) is 19.0 Å². The molecule has 0 aromatic heterocycles. The van der Waals surface area contributed by atoms with Crippen molar-refractivity contribution < 1.29 is 23.1 Å². The zero-order chi connectivity index (χ0) is 14.6. The molecule has 19 heavy (non-hydrogen) atoms. The molecule has 0 aliphatic heterocycles. The molecule has 0 saturated carbocycles. The van der Waals surface area contributed by atoms with Gasteiger partial charge in [-0.25, -0.2) is 13.2 Å². The highest BCUT2D eigenvalue weighted by Gasteiger charge is 2.19. The molecule has 7 heteroatoms. The highest BCUT2D eigenvalue weighted by atomic mass is 32.2. The van der Waals surface area contributed by atoms with Crippen molar-refractivity contribution in [2.24, 2.45) is 0 Å². The average molecular weight is 287 g/mol. The van der Waals surface area contributed by atoms with Crippen molar-refractivity contribution in [2.75, 3.05) is 33.5 Å². The lowest BCUT2D eigenvalue weighted by molar-refractivity contribution is 0.0693. The minimum atomic E-state index is -3.50. The van der Waals surface area contributed by atoms with E-state index >= 15 is 0 Å². The van der Waals surface area contributed by atoms with Gasteiger partial charge in [-0.05, 0) is 32.3 Å². The SMILES string of the molecule is COc1ccc(S(=O)(=O)CCN(C)C)cc1C(=O)O. The van der Waals surface area contributed by atoms with Crippen molar-refractivity contribution in [3.8, 4) is 5.75 Å². The molecule has 0 aliphatic rings. The zero-order valence-corrected chi connectivity index (χ0v) is 11.9. The highest BCUT2D eigenvalue weighted by Crippen LogP contribution is 2.23. The zero-order valence-electron chi connectivity index (χ0n) is 11.1. The van der Waals surface area contributed by atoms with Gasteiger partial charge in [-0.1, -0.05) is 0 Å². The molecule has 106 valence electrons. The van der Waals surface area contributed by atoms with Crippen molar-refractivity contribution in [3.63, 3.8) is 0 Å². The molecule has 0 radical (unpaired) electrons. The van der Waals surface area contributed by atoms with Crippen molar-refractivity contribution >= 4 is 15.8 Å². The third kappa shape index (κ3) is 3.93. The molecule has 1 rings (SSSR count). The highest BCUT2D eigenvalue weighted by molar-refractivity contribution is 7.91. The predicted octanol–water partition coefficient (Wildman–Crippen LogP) is 0.729. The Balaban J connectivity index is 3.14. The van der Waals surface area contributed by atoms with Gasteiger partial charge in [0.1, 0.15) is 11.3 Å². The number of carboxylic acids is 1. The number of sulfone groups is 1. The third-order valence-electron chi connectivity index (χ3n) is 2.57. The molecule has 0 saturated heterocycles. The molecule has 0 aliphatic carbocycles. The minimum Gasteiger partial charge on any atom is -0.496 e. The lowest BCUT2D eigenvalue weighted by Crippen LogP contribution is -2.22. The number of hydrogen-bond acceptors (Lipinski definition) is 5. The lowest BCUT2D eigenvalue weighted by Gasteiger charge is -2.11. The van der Waals surface area contributed by atoms with Crippen LogP contribution < -0.4 is 4.74 Å². The van der Waals surface area contributed by atoms with E-state index in [0.29, 0.717) is 6.54 Å². The molecular weight excluding hydrogens is 270 g/mol. The summed E-state index contributed by atoms with van der Waals surface area (Å²) in [6.07, 6.45) is 0. The fourth-order valence-corrected chi connectivity index (χ4v) is 2.88. The Morgan fingerprint density at radius 3 is 2.47 bits per heavy atom. The number of ether oxygens (including phenoxy) is 1. The van der Waals surface area contributed by atoms with Crippen LogP contribution in [0.2, 0.25) is 0 Å². The standard InChI is InChI=1S/C12H17NO5S/c1-13(2)6-7-19(16,17)9-4-5-11(18-3)10(8-9)12(14)15/h4-5,8H,6-7H2,1-3H3,(H,14,15). The Kier molecular flexibility index (Phi) is 4.90. The second-order valence-electron chi connectivity index (χ2n) is 4.29. The normalized spacial score (nSPS) is 11.6. The summed E-state index contributed by atoms with van der Waals surface area (Å²) < 4.78 is 29.0. The number of hydrogen-bond donors (Lipinski definition) is 1. The van der Waals surface area contributed by atoms with Crippen LogP contribution in [0, 0.1) is 0 Å². The van der Waals surface area contributed by atoms with E-state index in [9.17, 15) is 13.2 Å². The number of nitrogens with zero attached hydrogens (tertiary/aromatic N) is 1. The second-order valence-corrected chi connectivity index (χ2v) is 6.40. The van der Waals surface area contributed by atoms with E-state index in [1.807, 2.05) is 0 Å². The predicted molar refractivity (Wildman–Crippen MR) is 70.6 cm³/mol. The van der Waals surface area contributed by atoms with E-state index < -0.39 is 15.8 Å². The van der Waals surface area contributed by atoms with Crippen molar-refractivity contribution in [1.29, 1.82) is 0 Å². The maximum Gasteiger partial charge on any atom is 0.339 e. The molecule has 1 N–H and O–H groups in total. The molecule has 0 fully saturated rings. The van der Waals surface area contributed by atoms with Gasteiger partial charge >= 0.3 is 5.97 Å². The number of carbonyl (C=O) groups is 1. The van der Waals surface area contributed by atoms with Gasteiger partial charge < -0.3 is 14.7 Å². The fraction of sp³-hybridized carbons (Fsp3) is 0.417. The molecule has 0 atom stereocenters. The number of rotatable bonds is 6. The van der Waals surface area contributed by atoms with Crippen LogP contribution in [-0.2, 0) is 9.84 Å². The topological polar surface area (TPSA) is 83.9 Å². The van der Waals surface area contributed by atoms with Crippen molar-refractivity contribution in [1.82, 2.24) is 4.90 Å². The molecule has 0 amide bonds. The van der Waals surface area contributed by atoms with Gasteiger partial charge in [0.15, 0.2) is 9.84 Å². The van der Waals surface area contributed by atoms with Crippen molar-refractivity contribution in [2.45, 2.75) is 4.90 Å². The van der Waals surface area contributed by atoms with E-state index in [4.69, 9.17) is 9.84 Å². The van der Waals surface area contributed by atoms with E-state index in [2.05, 4.69) is 0 Å². The first-order valence-corrected chi connectivity index (χ1v) is 7.22. The Labute approximate surface area is 112 Å². The molecule has 0 heterocycles. The first-order valence-electron chi connectivity index (χ1n) is 5.56. The van der Waals surface area contributed by atoms with Crippen LogP contribution in [0.4, 0.5) is 0 Å². The van der Waals surface area contributed by atoms with Gasteiger partial charge in [-0.2, -0.15) is 0 Å². The maximum absolute atomic E-state index is 12.1. The molecule has 6 nitrogen and oxygen atoms in total. The smallest absolute Gasteiger partial charge is 0.339 e. The Morgan fingerprint density at radius 1 is 1.37 bits per heavy atom. The lowest BCUT2D eigenvalue weighted by atomic mass is 10.2. The van der Waals surface area contributed by atoms with Crippen LogP contribution in [0.1, 0.15) is 10.4 Å². The summed E-state index contributed by atoms with van der Waals surface area (Å²) in [4.78, 5) is 12.8. The van der Waals surface area contributed by atoms with E-state index in [0.717, 1.165) is 6.07 Å². The maximum atomic E-state index is 12.1. The average Bonchev–Trinajstić information content (AvgIpc) is 2.35. The number of methoxy groups -OCH3 is 1. The first-order chi connectivity index (χ1) is 8.77. The fourth-order valence-electron chi connectivity index (χ4n) is 1.47. The summed E-state index contributed by atoms with van der Waals surface area (Å²) in [6, 6.07) is 3.84. The summed E-state index contributed by atoms with van der Waals surface area (Å²) in [5, 5.41) is 9.02. The van der Waals surface area contributed by atoms with Gasteiger partial charge in [0.05, 0.1) is 17.8 Å². The summed E-state index contributed by atoms with van der Waals surface area (Å²) in [7, 11) is 1.38. The molecule has 1 aromatic carbocycles. The summed E-state index contributed by atoms with van der Waals surface area (Å²) in [5.74, 6) is -1.15. The third-order valence-corrected chi connectivity index (χ3v) is 4.26. The Hall–Kier alpha value is -1.60.